The van der Waals surface area contributed by atoms with E-state index in [0.29, 0.717) is 13.1 Å². The molecule has 1 rings (SSSR count). The normalized spacial score (nSPS) is 18.8. The monoisotopic (exact) mass is 159 g/mol. The lowest BCUT2D eigenvalue weighted by atomic mass is 10.1. The van der Waals surface area contributed by atoms with Gasteiger partial charge in [-0.3, -0.25) is 0 Å². The molecule has 0 aliphatic carbocycles. The Kier molecular flexibility index (Phi) is 7.89. The maximum Gasteiger partial charge on any atom is 0.00461 e. The molecule has 1 heterocycles. The fraction of sp³-hybridized carbons (Fsp3) is 1.00. The Morgan fingerprint density at radius 2 is 1.45 bits per heavy atom. The van der Waals surface area contributed by atoms with Crippen LogP contribution in [-0.4, -0.2) is 38.1 Å². The van der Waals surface area contributed by atoms with E-state index in [4.69, 9.17) is 11.5 Å². The summed E-state index contributed by atoms with van der Waals surface area (Å²) in [7, 11) is 2.19. The van der Waals surface area contributed by atoms with Crippen molar-refractivity contribution in [2.24, 2.45) is 11.5 Å². The Hall–Kier alpha value is -0.120. The first-order valence-electron chi connectivity index (χ1n) is 4.40. The first-order chi connectivity index (χ1) is 5.31. The van der Waals surface area contributed by atoms with Crippen LogP contribution in [0.15, 0.2) is 0 Å². The second-order valence-corrected chi connectivity index (χ2v) is 2.94. The molecule has 0 radical (unpaired) electrons. The Labute approximate surface area is 69.7 Å². The molecule has 0 aromatic carbocycles. The molecule has 4 N–H and O–H groups in total. The molecule has 1 aliphatic heterocycles. The van der Waals surface area contributed by atoms with E-state index in [0.717, 1.165) is 0 Å². The van der Waals surface area contributed by atoms with Crippen molar-refractivity contribution in [3.8, 4) is 0 Å². The quantitative estimate of drug-likeness (QED) is 0.566. The maximum atomic E-state index is 4.90. The lowest BCUT2D eigenvalue weighted by Gasteiger charge is -2.20. The number of rotatable bonds is 1. The zero-order valence-corrected chi connectivity index (χ0v) is 7.55. The van der Waals surface area contributed by atoms with Crippen LogP contribution in [0.2, 0.25) is 0 Å². The van der Waals surface area contributed by atoms with Gasteiger partial charge >= 0.3 is 0 Å². The van der Waals surface area contributed by atoms with Gasteiger partial charge in [-0.1, -0.05) is 6.42 Å². The summed E-state index contributed by atoms with van der Waals surface area (Å²) in [6.45, 7) is 3.83. The van der Waals surface area contributed by atoms with Crippen LogP contribution in [0.4, 0.5) is 0 Å². The largest absolute Gasteiger partial charge is 0.329 e. The minimum atomic E-state index is 0.597. The predicted octanol–water partition coefficient (Wildman–Crippen LogP) is 0.00590. The number of nitrogens with two attached hydrogens (primary N) is 2. The van der Waals surface area contributed by atoms with Crippen molar-refractivity contribution in [2.45, 2.75) is 19.3 Å². The maximum absolute atomic E-state index is 4.90. The highest BCUT2D eigenvalue weighted by atomic mass is 15.1. The number of nitrogens with zero attached hydrogens (tertiary/aromatic N) is 1. The molecule has 0 bridgehead atoms. The zero-order valence-electron chi connectivity index (χ0n) is 7.55. The summed E-state index contributed by atoms with van der Waals surface area (Å²) in [6.07, 6.45) is 4.28. The molecule has 1 saturated heterocycles. The summed E-state index contributed by atoms with van der Waals surface area (Å²) < 4.78 is 0. The Balaban J connectivity index is 0.000000218. The molecule has 0 aromatic heterocycles. The molecule has 0 saturated carbocycles. The fourth-order valence-corrected chi connectivity index (χ4v) is 1.05. The van der Waals surface area contributed by atoms with Gasteiger partial charge in [0, 0.05) is 13.1 Å². The van der Waals surface area contributed by atoms with E-state index in [1.165, 1.54) is 32.4 Å². The van der Waals surface area contributed by atoms with Gasteiger partial charge in [0.25, 0.3) is 0 Å². The van der Waals surface area contributed by atoms with E-state index in [-0.39, 0.29) is 0 Å². The highest BCUT2D eigenvalue weighted by Crippen LogP contribution is 2.04. The van der Waals surface area contributed by atoms with Gasteiger partial charge in [0.2, 0.25) is 0 Å². The lowest BCUT2D eigenvalue weighted by molar-refractivity contribution is 0.277. The minimum Gasteiger partial charge on any atom is -0.329 e. The predicted molar refractivity (Wildman–Crippen MR) is 49.5 cm³/mol. The average Bonchev–Trinajstić information content (AvgIpc) is 2.07. The van der Waals surface area contributed by atoms with Crippen molar-refractivity contribution < 1.29 is 0 Å². The van der Waals surface area contributed by atoms with Crippen LogP contribution in [-0.2, 0) is 0 Å². The summed E-state index contributed by atoms with van der Waals surface area (Å²) in [5.41, 5.74) is 9.81. The first kappa shape index (κ1) is 10.9. The lowest BCUT2D eigenvalue weighted by Crippen LogP contribution is -2.24. The van der Waals surface area contributed by atoms with Crippen molar-refractivity contribution >= 4 is 0 Å². The summed E-state index contributed by atoms with van der Waals surface area (Å²) in [4.78, 5) is 2.39. The van der Waals surface area contributed by atoms with Gasteiger partial charge in [-0.05, 0) is 33.0 Å². The molecule has 3 nitrogen and oxygen atoms in total. The van der Waals surface area contributed by atoms with Crippen LogP contribution in [0.5, 0.6) is 0 Å². The molecule has 3 heteroatoms. The van der Waals surface area contributed by atoms with Gasteiger partial charge in [-0.2, -0.15) is 0 Å². The van der Waals surface area contributed by atoms with Crippen LogP contribution in [0.25, 0.3) is 0 Å². The Morgan fingerprint density at radius 1 is 1.00 bits per heavy atom. The summed E-state index contributed by atoms with van der Waals surface area (Å²) in [5, 5.41) is 0. The van der Waals surface area contributed by atoms with Gasteiger partial charge in [-0.25, -0.2) is 0 Å². The Bertz CT molecular complexity index is 67.7. The van der Waals surface area contributed by atoms with Crippen LogP contribution in [0.1, 0.15) is 19.3 Å². The van der Waals surface area contributed by atoms with Gasteiger partial charge in [0.1, 0.15) is 0 Å². The van der Waals surface area contributed by atoms with Gasteiger partial charge in [0.15, 0.2) is 0 Å². The van der Waals surface area contributed by atoms with Gasteiger partial charge in [0.05, 0.1) is 0 Å². The number of piperidine rings is 1. The van der Waals surface area contributed by atoms with Gasteiger partial charge in [-0.15, -0.1) is 0 Å². The van der Waals surface area contributed by atoms with E-state index in [9.17, 15) is 0 Å². The molecule has 0 aromatic rings. The summed E-state index contributed by atoms with van der Waals surface area (Å²) in [5.74, 6) is 0. The topological polar surface area (TPSA) is 55.3 Å². The van der Waals surface area contributed by atoms with Gasteiger partial charge < -0.3 is 16.4 Å². The second kappa shape index (κ2) is 7.98. The van der Waals surface area contributed by atoms with E-state index >= 15 is 0 Å². The van der Waals surface area contributed by atoms with Crippen LogP contribution >= 0.6 is 0 Å². The average molecular weight is 159 g/mol. The second-order valence-electron chi connectivity index (χ2n) is 2.94. The third-order valence-electron chi connectivity index (χ3n) is 1.75. The molecule has 68 valence electrons. The molecule has 11 heavy (non-hydrogen) atoms. The smallest absolute Gasteiger partial charge is 0.00461 e. The molecular formula is C8H21N3. The molecule has 1 fully saturated rings. The molecule has 0 atom stereocenters. The molecule has 0 amide bonds. The molecule has 1 aliphatic rings. The van der Waals surface area contributed by atoms with Crippen molar-refractivity contribution in [2.75, 3.05) is 33.2 Å². The molecular weight excluding hydrogens is 138 g/mol. The number of hydrogen-bond donors (Lipinski definition) is 2. The zero-order chi connectivity index (χ0) is 8.53. The van der Waals surface area contributed by atoms with Crippen LogP contribution in [0.3, 0.4) is 0 Å². The van der Waals surface area contributed by atoms with Crippen molar-refractivity contribution in [1.29, 1.82) is 0 Å². The third-order valence-corrected chi connectivity index (χ3v) is 1.75. The van der Waals surface area contributed by atoms with Crippen molar-refractivity contribution in [1.82, 2.24) is 4.90 Å². The fourth-order valence-electron chi connectivity index (χ4n) is 1.05. The third kappa shape index (κ3) is 7.78. The standard InChI is InChI=1S/C6H13N.C2H8N2/c1-7-5-3-2-4-6-7;3-1-2-4/h2-6H2,1H3;1-4H2. The Morgan fingerprint density at radius 3 is 1.64 bits per heavy atom. The highest BCUT2D eigenvalue weighted by molar-refractivity contribution is 4.58. The molecule has 0 unspecified atom stereocenters. The van der Waals surface area contributed by atoms with E-state index in [1.54, 1.807) is 0 Å². The first-order valence-corrected chi connectivity index (χ1v) is 4.40. The van der Waals surface area contributed by atoms with E-state index in [2.05, 4.69) is 11.9 Å². The SMILES string of the molecule is CN1CCCCC1.NCCN. The van der Waals surface area contributed by atoms with Crippen molar-refractivity contribution in [3.05, 3.63) is 0 Å². The minimum absolute atomic E-state index is 0.597. The van der Waals surface area contributed by atoms with Crippen molar-refractivity contribution in [3.63, 3.8) is 0 Å². The summed E-state index contributed by atoms with van der Waals surface area (Å²) in [6, 6.07) is 0. The van der Waals surface area contributed by atoms with E-state index < -0.39 is 0 Å². The highest BCUT2D eigenvalue weighted by Gasteiger charge is 2.02. The van der Waals surface area contributed by atoms with Crippen LogP contribution < -0.4 is 11.5 Å². The summed E-state index contributed by atoms with van der Waals surface area (Å²) >= 11 is 0. The molecule has 0 spiro atoms. The van der Waals surface area contributed by atoms with Crippen LogP contribution in [0, 0.1) is 0 Å². The number of likely N-dealkylation sites (tertiary alicyclic amines) is 1. The van der Waals surface area contributed by atoms with E-state index in [1.807, 2.05) is 0 Å². The number of hydrogen-bond acceptors (Lipinski definition) is 3.